The van der Waals surface area contributed by atoms with Gasteiger partial charge in [0.25, 0.3) is 5.69 Å². The van der Waals surface area contributed by atoms with Crippen LogP contribution in [0.25, 0.3) is 0 Å². The molecule has 0 N–H and O–H groups in total. The van der Waals surface area contributed by atoms with Gasteiger partial charge in [0.15, 0.2) is 0 Å². The van der Waals surface area contributed by atoms with E-state index >= 15 is 0 Å². The van der Waals surface area contributed by atoms with Crippen molar-refractivity contribution in [3.05, 3.63) is 69.8 Å². The summed E-state index contributed by atoms with van der Waals surface area (Å²) in [5.41, 5.74) is 1.63. The Morgan fingerprint density at radius 3 is 2.54 bits per heavy atom. The van der Waals surface area contributed by atoms with Crippen LogP contribution in [0.2, 0.25) is 0 Å². The first-order valence-corrected chi connectivity index (χ1v) is 9.83. The smallest absolute Gasteiger partial charge is 0.258 e. The minimum Gasteiger partial charge on any atom is -0.258 e. The number of nitro benzene ring substituents is 1. The summed E-state index contributed by atoms with van der Waals surface area (Å²) in [6, 6.07) is 12.9. The van der Waals surface area contributed by atoms with E-state index in [4.69, 9.17) is 0 Å². The number of nitro groups is 1. The van der Waals surface area contributed by atoms with E-state index in [9.17, 15) is 18.5 Å². The van der Waals surface area contributed by atoms with Crippen LogP contribution in [0.3, 0.4) is 0 Å². The van der Waals surface area contributed by atoms with Crippen LogP contribution in [0.4, 0.5) is 5.69 Å². The first-order valence-electron chi connectivity index (χ1n) is 7.34. The molecule has 0 bridgehead atoms. The zero-order valence-corrected chi connectivity index (χ0v) is 14.6. The van der Waals surface area contributed by atoms with Crippen LogP contribution in [0.15, 0.2) is 53.4 Å². The first-order chi connectivity index (χ1) is 11.4. The second-order valence-electron chi connectivity index (χ2n) is 5.50. The highest BCUT2D eigenvalue weighted by molar-refractivity contribution is 8.01. The number of aryl methyl sites for hydroxylation is 1. The van der Waals surface area contributed by atoms with E-state index in [0.29, 0.717) is 12.3 Å². The van der Waals surface area contributed by atoms with Crippen LogP contribution in [0, 0.1) is 17.0 Å². The Kier molecular flexibility index (Phi) is 4.62. The number of hydrogen-bond donors (Lipinski definition) is 0. The minimum absolute atomic E-state index is 0.00478. The molecule has 0 spiro atoms. The summed E-state index contributed by atoms with van der Waals surface area (Å²) < 4.78 is 27.4. The minimum atomic E-state index is -3.61. The Hall–Kier alpha value is -1.90. The monoisotopic (exact) mass is 364 g/mol. The number of hydrogen-bond acceptors (Lipinski definition) is 5. The van der Waals surface area contributed by atoms with Crippen molar-refractivity contribution in [1.29, 1.82) is 0 Å². The van der Waals surface area contributed by atoms with Gasteiger partial charge in [-0.05, 0) is 42.3 Å². The molecule has 1 fully saturated rings. The molecule has 1 aliphatic rings. The zero-order chi connectivity index (χ0) is 17.3. The number of nitrogens with zero attached hydrogens (tertiary/aromatic N) is 2. The van der Waals surface area contributed by atoms with Gasteiger partial charge < -0.3 is 0 Å². The van der Waals surface area contributed by atoms with Gasteiger partial charge in [0, 0.05) is 24.4 Å². The topological polar surface area (TPSA) is 80.5 Å². The third-order valence-corrected chi connectivity index (χ3v) is 7.09. The van der Waals surface area contributed by atoms with E-state index in [1.165, 1.54) is 28.2 Å². The van der Waals surface area contributed by atoms with Gasteiger partial charge in [-0.25, -0.2) is 8.42 Å². The van der Waals surface area contributed by atoms with Gasteiger partial charge in [-0.3, -0.25) is 10.1 Å². The Morgan fingerprint density at radius 1 is 1.21 bits per heavy atom. The fraction of sp³-hybridized carbons (Fsp3) is 0.250. The van der Waals surface area contributed by atoms with Crippen molar-refractivity contribution in [2.24, 2.45) is 0 Å². The van der Waals surface area contributed by atoms with E-state index < -0.39 is 14.9 Å². The first kappa shape index (κ1) is 16.9. The number of thioether (sulfide) groups is 1. The second-order valence-corrected chi connectivity index (χ2v) is 8.58. The third kappa shape index (κ3) is 3.17. The lowest BCUT2D eigenvalue weighted by Crippen LogP contribution is -2.30. The number of sulfonamides is 1. The number of rotatable bonds is 4. The Balaban J connectivity index is 1.94. The molecule has 0 unspecified atom stereocenters. The molecule has 1 atom stereocenters. The van der Waals surface area contributed by atoms with Crippen molar-refractivity contribution < 1.29 is 13.3 Å². The molecule has 3 rings (SSSR count). The van der Waals surface area contributed by atoms with Gasteiger partial charge in [-0.1, -0.05) is 12.1 Å². The van der Waals surface area contributed by atoms with E-state index in [2.05, 4.69) is 0 Å². The third-order valence-electron chi connectivity index (χ3n) is 3.83. The lowest BCUT2D eigenvalue weighted by Gasteiger charge is -2.23. The van der Waals surface area contributed by atoms with Crippen LogP contribution in [-0.2, 0) is 10.0 Å². The van der Waals surface area contributed by atoms with Gasteiger partial charge in [-0.2, -0.15) is 4.31 Å². The maximum Gasteiger partial charge on any atom is 0.269 e. The predicted molar refractivity (Wildman–Crippen MR) is 93.4 cm³/mol. The highest BCUT2D eigenvalue weighted by Gasteiger charge is 2.36. The Morgan fingerprint density at radius 2 is 1.92 bits per heavy atom. The molecule has 126 valence electrons. The average Bonchev–Trinajstić information content (AvgIpc) is 3.05. The fourth-order valence-electron chi connectivity index (χ4n) is 2.64. The quantitative estimate of drug-likeness (QED) is 0.614. The maximum absolute atomic E-state index is 12.9. The van der Waals surface area contributed by atoms with E-state index in [-0.39, 0.29) is 16.0 Å². The molecule has 0 aliphatic carbocycles. The largest absolute Gasteiger partial charge is 0.269 e. The van der Waals surface area contributed by atoms with Gasteiger partial charge in [0.2, 0.25) is 10.0 Å². The fourth-order valence-corrected chi connectivity index (χ4v) is 5.98. The van der Waals surface area contributed by atoms with Gasteiger partial charge >= 0.3 is 0 Å². The van der Waals surface area contributed by atoms with E-state index in [0.717, 1.165) is 11.1 Å². The van der Waals surface area contributed by atoms with Crippen molar-refractivity contribution in [3.63, 3.8) is 0 Å². The lowest BCUT2D eigenvalue weighted by molar-refractivity contribution is -0.384. The Labute approximate surface area is 144 Å². The van der Waals surface area contributed by atoms with Crippen LogP contribution < -0.4 is 0 Å². The molecule has 24 heavy (non-hydrogen) atoms. The molecule has 0 amide bonds. The molecular formula is C16H16N2O4S2. The van der Waals surface area contributed by atoms with Crippen molar-refractivity contribution in [1.82, 2.24) is 4.31 Å². The van der Waals surface area contributed by atoms with Gasteiger partial charge in [0.1, 0.15) is 0 Å². The molecule has 8 heteroatoms. The normalized spacial score (nSPS) is 18.6. The van der Waals surface area contributed by atoms with Crippen LogP contribution >= 0.6 is 11.8 Å². The van der Waals surface area contributed by atoms with Gasteiger partial charge in [-0.15, -0.1) is 11.8 Å². The molecule has 1 heterocycles. The second kappa shape index (κ2) is 6.54. The molecule has 0 aromatic heterocycles. The lowest BCUT2D eigenvalue weighted by atomic mass is 10.2. The summed E-state index contributed by atoms with van der Waals surface area (Å²) in [5.74, 6) is 0.687. The number of benzene rings is 2. The highest BCUT2D eigenvalue weighted by atomic mass is 32.2. The average molecular weight is 364 g/mol. The molecule has 1 saturated heterocycles. The van der Waals surface area contributed by atoms with E-state index in [1.54, 1.807) is 30.3 Å². The number of non-ortho nitro benzene ring substituents is 1. The summed E-state index contributed by atoms with van der Waals surface area (Å²) in [4.78, 5) is 10.6. The van der Waals surface area contributed by atoms with Crippen LogP contribution in [-0.4, -0.2) is 29.9 Å². The van der Waals surface area contributed by atoms with E-state index in [1.807, 2.05) is 13.0 Å². The van der Waals surface area contributed by atoms with Crippen molar-refractivity contribution in [2.75, 3.05) is 12.3 Å². The molecule has 0 saturated carbocycles. The molecular weight excluding hydrogens is 348 g/mol. The molecule has 2 aromatic carbocycles. The van der Waals surface area contributed by atoms with Crippen LogP contribution in [0.1, 0.15) is 16.5 Å². The summed E-state index contributed by atoms with van der Waals surface area (Å²) >= 11 is 1.52. The molecule has 1 aliphatic heterocycles. The van der Waals surface area contributed by atoms with Gasteiger partial charge in [0.05, 0.1) is 15.2 Å². The summed E-state index contributed by atoms with van der Waals surface area (Å²) in [7, 11) is -3.61. The summed E-state index contributed by atoms with van der Waals surface area (Å²) in [6.45, 7) is 2.27. The van der Waals surface area contributed by atoms with Crippen LogP contribution in [0.5, 0.6) is 0 Å². The Bertz CT molecular complexity index is 866. The zero-order valence-electron chi connectivity index (χ0n) is 13.0. The van der Waals surface area contributed by atoms with Crippen molar-refractivity contribution >= 4 is 27.5 Å². The standard InChI is InChI=1S/C16H16N2O4S2/c1-12-3-2-4-15(11-12)24(21,22)17-9-10-23-16(17)13-5-7-14(8-6-13)18(19)20/h2-8,11,16H,9-10H2,1H3/t16-/m1/s1. The van der Waals surface area contributed by atoms with Crippen molar-refractivity contribution in [2.45, 2.75) is 17.2 Å². The summed E-state index contributed by atoms with van der Waals surface area (Å²) in [5, 5.41) is 10.4. The van der Waals surface area contributed by atoms with Crippen molar-refractivity contribution in [3.8, 4) is 0 Å². The molecule has 6 nitrogen and oxygen atoms in total. The predicted octanol–water partition coefficient (Wildman–Crippen LogP) is 3.34. The molecule has 0 radical (unpaired) electrons. The SMILES string of the molecule is Cc1cccc(S(=O)(=O)N2CCS[C@@H]2c2ccc([N+](=O)[O-])cc2)c1. The molecule has 2 aromatic rings. The summed E-state index contributed by atoms with van der Waals surface area (Å²) in [6.07, 6.45) is 0. The highest BCUT2D eigenvalue weighted by Crippen LogP contribution is 2.41. The maximum atomic E-state index is 12.9.